The first-order chi connectivity index (χ1) is 4.34. The molecular formula is C3H8N4OS. The van der Waals surface area contributed by atoms with Crippen molar-refractivity contribution in [2.75, 3.05) is 13.2 Å². The molecule has 1 aliphatic rings. The molecule has 0 atom stereocenters. The molecule has 0 aromatic rings. The average Bonchev–Trinajstić information content (AvgIpc) is 2.18. The van der Waals surface area contributed by atoms with Crippen molar-refractivity contribution in [1.82, 2.24) is 15.1 Å². The number of aliphatic hydroxyl groups excluding tert-OH is 1. The minimum atomic E-state index is 0.0881. The molecule has 1 rings (SSSR count). The van der Waals surface area contributed by atoms with E-state index in [0.717, 1.165) is 0 Å². The summed E-state index contributed by atoms with van der Waals surface area (Å²) in [5, 5.41) is 13.7. The Morgan fingerprint density at radius 3 is 3.00 bits per heavy atom. The molecule has 0 amide bonds. The highest BCUT2D eigenvalue weighted by molar-refractivity contribution is 7.77. The van der Waals surface area contributed by atoms with Crippen molar-refractivity contribution in [3.05, 3.63) is 0 Å². The first kappa shape index (κ1) is 6.66. The number of nitrogens with one attached hydrogen (secondary N) is 1. The monoisotopic (exact) mass is 148 g/mol. The second-order valence-electron chi connectivity index (χ2n) is 1.52. The molecule has 0 spiro atoms. The van der Waals surface area contributed by atoms with Gasteiger partial charge >= 0.3 is 0 Å². The molecule has 1 aliphatic heterocycles. The molecule has 0 fully saturated rings. The third-order valence-electron chi connectivity index (χ3n) is 0.911. The van der Waals surface area contributed by atoms with Crippen molar-refractivity contribution in [3.8, 4) is 0 Å². The summed E-state index contributed by atoms with van der Waals surface area (Å²) in [6.07, 6.45) is 1.54. The molecule has 52 valence electrons. The molecule has 9 heavy (non-hydrogen) atoms. The van der Waals surface area contributed by atoms with Crippen LogP contribution in [-0.4, -0.2) is 34.1 Å². The fourth-order valence-electron chi connectivity index (χ4n) is 0.505. The fraction of sp³-hybridized carbons (Fsp3) is 0.667. The van der Waals surface area contributed by atoms with Gasteiger partial charge in [0.2, 0.25) is 0 Å². The van der Waals surface area contributed by atoms with Crippen molar-refractivity contribution in [3.63, 3.8) is 0 Å². The zero-order chi connectivity index (χ0) is 6.69. The van der Waals surface area contributed by atoms with Crippen LogP contribution in [0.25, 0.3) is 0 Å². The van der Waals surface area contributed by atoms with Gasteiger partial charge in [-0.15, -0.1) is 0 Å². The van der Waals surface area contributed by atoms with Gasteiger partial charge in [0.15, 0.2) is 0 Å². The zero-order valence-electron chi connectivity index (χ0n) is 4.73. The van der Waals surface area contributed by atoms with E-state index in [1.165, 1.54) is 4.52 Å². The van der Waals surface area contributed by atoms with E-state index in [4.69, 9.17) is 5.11 Å². The minimum Gasteiger partial charge on any atom is -0.394 e. The lowest BCUT2D eigenvalue weighted by molar-refractivity contribution is 0.118. The Morgan fingerprint density at radius 2 is 2.56 bits per heavy atom. The van der Waals surface area contributed by atoms with Crippen molar-refractivity contribution in [1.29, 1.82) is 0 Å². The Balaban J connectivity index is 2.31. The van der Waals surface area contributed by atoms with Gasteiger partial charge in [-0.3, -0.25) is 5.01 Å². The van der Waals surface area contributed by atoms with E-state index in [1.54, 1.807) is 11.3 Å². The molecule has 0 radical (unpaired) electrons. The van der Waals surface area contributed by atoms with E-state index >= 15 is 0 Å². The SMILES string of the molecule is OCCN1C=NNN1S. The Morgan fingerprint density at radius 1 is 1.78 bits per heavy atom. The van der Waals surface area contributed by atoms with Crippen molar-refractivity contribution < 1.29 is 5.11 Å². The molecule has 0 saturated heterocycles. The maximum absolute atomic E-state index is 8.45. The number of aliphatic hydroxyl groups is 1. The fourth-order valence-corrected chi connectivity index (χ4v) is 0.693. The normalized spacial score (nSPS) is 18.7. The van der Waals surface area contributed by atoms with Crippen LogP contribution >= 0.6 is 12.8 Å². The smallest absolute Gasteiger partial charge is 0.129 e. The maximum Gasteiger partial charge on any atom is 0.129 e. The molecule has 0 aliphatic carbocycles. The topological polar surface area (TPSA) is 51.1 Å². The minimum absolute atomic E-state index is 0.0881. The zero-order valence-corrected chi connectivity index (χ0v) is 5.62. The number of hydrogen-bond donors (Lipinski definition) is 3. The Bertz CT molecular complexity index is 118. The molecule has 1 heterocycles. The van der Waals surface area contributed by atoms with Gasteiger partial charge in [0.1, 0.15) is 6.34 Å². The summed E-state index contributed by atoms with van der Waals surface area (Å²) in [6, 6.07) is 0. The number of hydrazine groups is 2. The second kappa shape index (κ2) is 2.90. The predicted octanol–water partition coefficient (Wildman–Crippen LogP) is -1.20. The maximum atomic E-state index is 8.45. The summed E-state index contributed by atoms with van der Waals surface area (Å²) >= 11 is 3.93. The van der Waals surface area contributed by atoms with E-state index in [-0.39, 0.29) is 6.61 Å². The summed E-state index contributed by atoms with van der Waals surface area (Å²) in [7, 11) is 0. The van der Waals surface area contributed by atoms with Gasteiger partial charge in [0, 0.05) is 0 Å². The number of nitrogens with zero attached hydrogens (tertiary/aromatic N) is 3. The lowest BCUT2D eigenvalue weighted by Crippen LogP contribution is -2.36. The molecule has 0 aromatic heterocycles. The van der Waals surface area contributed by atoms with Gasteiger partial charge in [-0.1, -0.05) is 4.52 Å². The third-order valence-corrected chi connectivity index (χ3v) is 1.23. The first-order valence-corrected chi connectivity index (χ1v) is 2.90. The Kier molecular flexibility index (Phi) is 2.15. The van der Waals surface area contributed by atoms with E-state index < -0.39 is 0 Å². The van der Waals surface area contributed by atoms with Crippen molar-refractivity contribution in [2.45, 2.75) is 0 Å². The van der Waals surface area contributed by atoms with Crippen LogP contribution < -0.4 is 5.53 Å². The van der Waals surface area contributed by atoms with Gasteiger partial charge in [0.25, 0.3) is 0 Å². The summed E-state index contributed by atoms with van der Waals surface area (Å²) in [4.78, 5) is 0. The summed E-state index contributed by atoms with van der Waals surface area (Å²) in [6.45, 7) is 0.588. The van der Waals surface area contributed by atoms with Crippen LogP contribution in [0.15, 0.2) is 5.10 Å². The quantitative estimate of drug-likeness (QED) is 0.431. The van der Waals surface area contributed by atoms with Crippen LogP contribution in [0.2, 0.25) is 0 Å². The third kappa shape index (κ3) is 1.47. The molecule has 5 nitrogen and oxygen atoms in total. The van der Waals surface area contributed by atoms with Crippen LogP contribution in [0, 0.1) is 0 Å². The van der Waals surface area contributed by atoms with E-state index in [9.17, 15) is 0 Å². The lowest BCUT2D eigenvalue weighted by Gasteiger charge is -2.18. The highest BCUT2D eigenvalue weighted by Crippen LogP contribution is 1.98. The van der Waals surface area contributed by atoms with Gasteiger partial charge in [-0.2, -0.15) is 5.10 Å². The predicted molar refractivity (Wildman–Crippen MR) is 36.2 cm³/mol. The highest BCUT2D eigenvalue weighted by Gasteiger charge is 2.10. The number of hydrogen-bond acceptors (Lipinski definition) is 6. The van der Waals surface area contributed by atoms with E-state index in [1.807, 2.05) is 0 Å². The average molecular weight is 148 g/mol. The lowest BCUT2D eigenvalue weighted by atomic mass is 10.7. The van der Waals surface area contributed by atoms with Crippen LogP contribution in [0.1, 0.15) is 0 Å². The molecule has 0 aromatic carbocycles. The van der Waals surface area contributed by atoms with E-state index in [2.05, 4.69) is 23.5 Å². The second-order valence-corrected chi connectivity index (χ2v) is 1.90. The van der Waals surface area contributed by atoms with Crippen LogP contribution in [-0.2, 0) is 0 Å². The largest absolute Gasteiger partial charge is 0.394 e. The van der Waals surface area contributed by atoms with Gasteiger partial charge in [-0.25, -0.2) is 5.53 Å². The number of thiol groups is 1. The molecule has 2 N–H and O–H groups in total. The summed E-state index contributed by atoms with van der Waals surface area (Å²) in [5.41, 5.74) is 2.54. The standard InChI is InChI=1S/C3H8N4OS/c8-2-1-6-3-4-5-7(6)9/h3,5,8-9H,1-2H2. The van der Waals surface area contributed by atoms with Crippen LogP contribution in [0.5, 0.6) is 0 Å². The van der Waals surface area contributed by atoms with Crippen LogP contribution in [0.3, 0.4) is 0 Å². The highest BCUT2D eigenvalue weighted by atomic mass is 32.1. The number of rotatable bonds is 2. The number of β-amino-alcohol motifs (C(OH)–C–C–N with tert-alkyl or cyclic N) is 1. The molecular weight excluding hydrogens is 140 g/mol. The summed E-state index contributed by atoms with van der Waals surface area (Å²) in [5.74, 6) is 0. The van der Waals surface area contributed by atoms with Gasteiger partial charge in [-0.05, 0) is 12.8 Å². The van der Waals surface area contributed by atoms with Gasteiger partial charge in [0.05, 0.1) is 13.2 Å². The number of hydrazone groups is 1. The molecule has 6 heteroatoms. The Labute approximate surface area is 58.4 Å². The summed E-state index contributed by atoms with van der Waals surface area (Å²) < 4.78 is 1.39. The van der Waals surface area contributed by atoms with Crippen LogP contribution in [0.4, 0.5) is 0 Å². The van der Waals surface area contributed by atoms with Gasteiger partial charge < -0.3 is 5.11 Å². The molecule has 0 saturated carbocycles. The van der Waals surface area contributed by atoms with E-state index in [0.29, 0.717) is 6.54 Å². The van der Waals surface area contributed by atoms with Crippen molar-refractivity contribution >= 4 is 19.2 Å². The molecule has 0 bridgehead atoms. The molecule has 0 unspecified atom stereocenters. The van der Waals surface area contributed by atoms with Crippen molar-refractivity contribution in [2.24, 2.45) is 5.10 Å². The Hall–Kier alpha value is -0.460. The first-order valence-electron chi connectivity index (χ1n) is 2.50.